The van der Waals surface area contributed by atoms with Crippen LogP contribution in [-0.4, -0.2) is 205 Å². The van der Waals surface area contributed by atoms with E-state index in [-0.39, 0.29) is 29.5 Å². The zero-order valence-corrected chi connectivity index (χ0v) is 84.2. The fourth-order valence-corrected chi connectivity index (χ4v) is 23.8. The smallest absolute Gasteiger partial charge is 0.265 e. The van der Waals surface area contributed by atoms with Crippen LogP contribution in [0.1, 0.15) is 48.4 Å². The number of benzene rings is 5. The van der Waals surface area contributed by atoms with Gasteiger partial charge in [0.25, 0.3) is 29.5 Å². The fourth-order valence-electron chi connectivity index (χ4n) is 17.9. The van der Waals surface area contributed by atoms with Crippen LogP contribution in [0.3, 0.4) is 0 Å². The summed E-state index contributed by atoms with van der Waals surface area (Å²) in [6, 6.07) is 66.4. The summed E-state index contributed by atoms with van der Waals surface area (Å²) in [5, 5.41) is 37.6. The summed E-state index contributed by atoms with van der Waals surface area (Å²) in [6.07, 6.45) is 22.8. The van der Waals surface area contributed by atoms with Crippen molar-refractivity contribution in [2.75, 3.05) is 182 Å². The van der Waals surface area contributed by atoms with Gasteiger partial charge in [-0.15, -0.1) is 79.4 Å². The number of nitrogens with zero attached hydrogens (tertiary/aromatic N) is 12. The Balaban J connectivity index is 0.000000107. The molecule has 145 heavy (non-hydrogen) atoms. The molecule has 5 amide bonds. The largest absolute Gasteiger partial charge is 0.464 e. The van der Waals surface area contributed by atoms with Gasteiger partial charge in [0, 0.05) is 208 Å². The number of carbonyl (C=O) groups is 5. The quantitative estimate of drug-likeness (QED) is 0.0337. The SMILES string of the molecule is O=C(Nc1cnccc1N1CCNCC1)c1ccc(-c2ccc3[nH]ccc3c2)s1.O=C(Nc1cnccc1N1CCNCC1)c1ccc(-c2ccc3nc[nH]c3c2)s1.O=C(Nc1cnccc1N1CCNCC1)c1ccc(-c2ccc3occc3c2)s1.O=C(Nc1cnccc1N1CCNCC1)c1ccc(-c2ccc3sccc3c2)s1.O=C(Nc1cnccc1N1CCNCC1)c1ccc(-c2ccc3scnc3c2)s1. The number of furan rings is 1. The molecule has 37 heteroatoms. The maximum absolute atomic E-state index is 12.9. The van der Waals surface area contributed by atoms with Crippen LogP contribution in [0.25, 0.3) is 105 Å². The van der Waals surface area contributed by atoms with Crippen molar-refractivity contribution in [3.63, 3.8) is 0 Å². The second-order valence-electron chi connectivity index (χ2n) is 34.5. The Kier molecular flexibility index (Phi) is 30.2. The number of imidazole rings is 1. The Bertz CT molecular complexity index is 6870. The molecule has 0 saturated carbocycles. The van der Waals surface area contributed by atoms with Gasteiger partial charge >= 0.3 is 0 Å². The van der Waals surface area contributed by atoms with Gasteiger partial charge in [0.1, 0.15) is 5.58 Å². The third kappa shape index (κ3) is 23.1. The molecule has 0 spiro atoms. The van der Waals surface area contributed by atoms with Crippen LogP contribution in [0, 0.1) is 0 Å². The second-order valence-corrected chi connectivity index (χ2v) is 41.8. The lowest BCUT2D eigenvalue weighted by atomic mass is 10.1. The van der Waals surface area contributed by atoms with E-state index in [9.17, 15) is 24.0 Å². The minimum absolute atomic E-state index is 0.0951. The van der Waals surface area contributed by atoms with Gasteiger partial charge in [0.2, 0.25) is 0 Å². The summed E-state index contributed by atoms with van der Waals surface area (Å²) in [6.45, 7) is 18.5. The van der Waals surface area contributed by atoms with E-state index in [1.165, 1.54) is 71.5 Å². The Hall–Kier alpha value is -15.1. The second kappa shape index (κ2) is 45.7. The van der Waals surface area contributed by atoms with Crippen LogP contribution in [-0.2, 0) is 0 Å². The number of thiophene rings is 6. The number of fused-ring (bicyclic) bond motifs is 5. The number of hydrogen-bond donors (Lipinski definition) is 12. The van der Waals surface area contributed by atoms with E-state index in [0.717, 1.165) is 278 Å². The van der Waals surface area contributed by atoms with Gasteiger partial charge < -0.3 is 92.1 Å². The number of piperazine rings is 5. The summed E-state index contributed by atoms with van der Waals surface area (Å²) < 4.78 is 7.85. The van der Waals surface area contributed by atoms with Crippen molar-refractivity contribution in [1.82, 2.24) is 71.4 Å². The minimum atomic E-state index is -0.117. The van der Waals surface area contributed by atoms with E-state index in [0.29, 0.717) is 24.4 Å². The molecular weight excluding hydrogens is 1950 g/mol. The van der Waals surface area contributed by atoms with Gasteiger partial charge in [0.15, 0.2) is 0 Å². The number of pyridine rings is 5. The third-order valence-electron chi connectivity index (χ3n) is 25.3. The molecule has 25 rings (SSSR count). The Morgan fingerprint density at radius 3 is 1.06 bits per heavy atom. The lowest BCUT2D eigenvalue weighted by molar-refractivity contribution is 0.102. The molecule has 0 unspecified atom stereocenters. The fraction of sp³-hybridized carbons (Fsp3) is 0.185. The average Bonchev–Trinajstić information content (AvgIpc) is 1.60. The molecule has 0 bridgehead atoms. The highest BCUT2D eigenvalue weighted by Crippen LogP contribution is 2.41. The Labute approximate surface area is 862 Å². The van der Waals surface area contributed by atoms with Crippen molar-refractivity contribution < 1.29 is 28.4 Å². The zero-order valence-electron chi connectivity index (χ0n) is 78.5. The lowest BCUT2D eigenvalue weighted by Gasteiger charge is -2.30. The molecule has 20 heterocycles. The molecule has 0 aliphatic carbocycles. The van der Waals surface area contributed by atoms with Crippen molar-refractivity contribution >= 4 is 219 Å². The van der Waals surface area contributed by atoms with Crippen LogP contribution in [0.4, 0.5) is 56.9 Å². The Morgan fingerprint density at radius 1 is 0.297 bits per heavy atom. The van der Waals surface area contributed by atoms with E-state index < -0.39 is 0 Å². The van der Waals surface area contributed by atoms with Crippen LogP contribution >= 0.6 is 79.4 Å². The van der Waals surface area contributed by atoms with Gasteiger partial charge in [-0.25, -0.2) is 9.97 Å². The maximum Gasteiger partial charge on any atom is 0.265 e. The summed E-state index contributed by atoms with van der Waals surface area (Å²) in [5.74, 6) is -0.542. The Morgan fingerprint density at radius 2 is 0.648 bits per heavy atom. The highest BCUT2D eigenvalue weighted by atomic mass is 32.1. The summed E-state index contributed by atoms with van der Waals surface area (Å²) in [7, 11) is 0. The van der Waals surface area contributed by atoms with Crippen molar-refractivity contribution in [2.24, 2.45) is 0 Å². The number of H-pyrrole nitrogens is 2. The topological polar surface area (TPSA) is 357 Å². The number of hydrogen-bond acceptors (Lipinski definition) is 30. The zero-order chi connectivity index (χ0) is 98.2. The number of carbonyl (C=O) groups excluding carboxylic acids is 5. The highest BCUT2D eigenvalue weighted by Gasteiger charge is 2.26. The molecule has 5 aliphatic rings. The van der Waals surface area contributed by atoms with E-state index in [1.54, 1.807) is 97.2 Å². The van der Waals surface area contributed by atoms with Gasteiger partial charge in [0.05, 0.1) is 152 Å². The molecule has 730 valence electrons. The number of anilines is 10. The van der Waals surface area contributed by atoms with Crippen molar-refractivity contribution in [2.45, 2.75) is 0 Å². The lowest BCUT2D eigenvalue weighted by Crippen LogP contribution is -2.43. The van der Waals surface area contributed by atoms with Crippen LogP contribution in [0.15, 0.2) is 296 Å². The van der Waals surface area contributed by atoms with E-state index >= 15 is 0 Å². The van der Waals surface area contributed by atoms with Crippen LogP contribution < -0.4 is 77.7 Å². The van der Waals surface area contributed by atoms with Gasteiger partial charge in [-0.3, -0.25) is 48.9 Å². The summed E-state index contributed by atoms with van der Waals surface area (Å²) >= 11 is 10.8. The predicted molar refractivity (Wildman–Crippen MR) is 595 cm³/mol. The minimum Gasteiger partial charge on any atom is -0.464 e. The first kappa shape index (κ1) is 96.1. The van der Waals surface area contributed by atoms with E-state index in [1.807, 2.05) is 133 Å². The number of aromatic nitrogens is 9. The first-order chi connectivity index (χ1) is 71.4. The molecular formula is C108H100N24O6S7. The molecule has 5 aliphatic heterocycles. The van der Waals surface area contributed by atoms with Crippen LogP contribution in [0.2, 0.25) is 0 Å². The number of nitrogens with one attached hydrogen (secondary N) is 12. The van der Waals surface area contributed by atoms with Crippen molar-refractivity contribution in [1.29, 1.82) is 0 Å². The molecule has 5 saturated heterocycles. The third-order valence-corrected chi connectivity index (χ3v) is 32.7. The summed E-state index contributed by atoms with van der Waals surface area (Å²) in [5.41, 5.74) is 21.0. The molecule has 5 fully saturated rings. The highest BCUT2D eigenvalue weighted by molar-refractivity contribution is 7.19. The number of amides is 5. The van der Waals surface area contributed by atoms with Crippen molar-refractivity contribution in [3.8, 4) is 52.2 Å². The molecule has 30 nitrogen and oxygen atoms in total. The molecule has 12 N–H and O–H groups in total. The van der Waals surface area contributed by atoms with Crippen LogP contribution in [0.5, 0.6) is 0 Å². The first-order valence-corrected chi connectivity index (χ1v) is 53.6. The molecule has 20 aromatic rings. The number of thiazole rings is 1. The van der Waals surface area contributed by atoms with Gasteiger partial charge in [-0.1, -0.05) is 24.3 Å². The summed E-state index contributed by atoms with van der Waals surface area (Å²) in [4.78, 5) is 121. The first-order valence-electron chi connectivity index (χ1n) is 47.7. The van der Waals surface area contributed by atoms with Gasteiger partial charge in [-0.2, -0.15) is 0 Å². The van der Waals surface area contributed by atoms with E-state index in [2.05, 4.69) is 207 Å². The predicted octanol–water partition coefficient (Wildman–Crippen LogP) is 20.3. The van der Waals surface area contributed by atoms with E-state index in [4.69, 9.17) is 4.42 Å². The normalized spacial score (nSPS) is 14.3. The molecule has 5 aromatic carbocycles. The monoisotopic (exact) mass is 2050 g/mol. The maximum atomic E-state index is 12.9. The number of aromatic amines is 2. The number of rotatable bonds is 20. The molecule has 0 atom stereocenters. The van der Waals surface area contributed by atoms with Gasteiger partial charge in [-0.05, 0) is 220 Å². The molecule has 0 radical (unpaired) electrons. The average molecular weight is 2050 g/mol. The molecule has 15 aromatic heterocycles. The van der Waals surface area contributed by atoms with Crippen molar-refractivity contribution in [3.05, 3.63) is 316 Å². The standard InChI is InChI=1S/C22H21N5OS.C22H20N4O2S.C22H20N4OS2.C21H20N6OS.C21H19N5OS2/c28-22(26-18-14-24-7-6-19(18)27-11-9-23-10-12-27)21-4-3-20(29-21)16-1-2-17-15(13-16)5-8-25-17;27-22(25-17-14-24-7-5-18(17)26-10-8-23-9-11-26)21-4-3-20(29-21)16-1-2-19-15(13-16)6-12-28-19;27-22(25-17-14-24-7-5-18(17)26-10-8-23-9-11-26)21-4-3-20(29-21)15-1-2-19-16(13-15)6-12-28-19;28-21(26-17-12-23-6-5-18(17)27-9-7-22-8-10-27)20-4-3-19(29-20)14-1-2-15-16(11-14)25-13-24-15;27-21(25-16-12-23-6-5-17(16)26-9-7-22-8-10-26)20-4-3-18(29-20)14-1-2-19-15(11-14)24-13-28-19/h1-8,13-14,23,25H,9-12H2,(H,26,28);2*1-7,12-14,23H,8-11H2,(H,25,27);1-6,11-13,22H,7-10H2,(H,24,25)(H,26,28);1-6,11-13,22H,7-10H2,(H,25,27).